The molecular formula is C16H14F3NO3S. The molecule has 1 N–H and O–H groups in total. The average Bonchev–Trinajstić information content (AvgIpc) is 3.05. The molecule has 0 radical (unpaired) electrons. The largest absolute Gasteiger partial charge is 0.452 e. The maximum Gasteiger partial charge on any atom is 0.416 e. The van der Waals surface area contributed by atoms with Crippen LogP contribution in [0.4, 0.5) is 13.2 Å². The van der Waals surface area contributed by atoms with Crippen molar-refractivity contribution in [2.45, 2.75) is 12.6 Å². The Kier molecular flexibility index (Phi) is 5.97. The molecule has 0 aliphatic heterocycles. The first-order chi connectivity index (χ1) is 11.4. The molecule has 0 unspecified atom stereocenters. The maximum atomic E-state index is 12.6. The van der Waals surface area contributed by atoms with E-state index in [4.69, 9.17) is 4.74 Å². The molecule has 0 atom stereocenters. The number of hydrogen-bond acceptors (Lipinski definition) is 4. The highest BCUT2D eigenvalue weighted by molar-refractivity contribution is 7.09. The molecule has 128 valence electrons. The number of amides is 1. The Balaban J connectivity index is 1.79. The molecule has 1 aromatic carbocycles. The Labute approximate surface area is 140 Å². The van der Waals surface area contributed by atoms with Crippen molar-refractivity contribution in [2.75, 3.05) is 13.2 Å². The van der Waals surface area contributed by atoms with Crippen molar-refractivity contribution in [3.63, 3.8) is 0 Å². The molecule has 8 heteroatoms. The van der Waals surface area contributed by atoms with E-state index >= 15 is 0 Å². The zero-order valence-corrected chi connectivity index (χ0v) is 13.2. The van der Waals surface area contributed by atoms with Crippen LogP contribution >= 0.6 is 11.3 Å². The van der Waals surface area contributed by atoms with Gasteiger partial charge in [0.2, 0.25) is 0 Å². The predicted molar refractivity (Wildman–Crippen MR) is 82.8 cm³/mol. The third-order valence-electron chi connectivity index (χ3n) is 3.03. The van der Waals surface area contributed by atoms with E-state index in [-0.39, 0.29) is 5.56 Å². The fraction of sp³-hybridized carbons (Fsp3) is 0.250. The van der Waals surface area contributed by atoms with Gasteiger partial charge in [-0.05, 0) is 36.1 Å². The van der Waals surface area contributed by atoms with Gasteiger partial charge in [0.1, 0.15) is 0 Å². The van der Waals surface area contributed by atoms with Crippen molar-refractivity contribution in [3.8, 4) is 0 Å². The summed E-state index contributed by atoms with van der Waals surface area (Å²) in [5.41, 5.74) is -1.20. The quantitative estimate of drug-likeness (QED) is 0.808. The summed E-state index contributed by atoms with van der Waals surface area (Å²) in [5, 5.41) is 4.50. The van der Waals surface area contributed by atoms with Crippen LogP contribution < -0.4 is 5.32 Å². The second kappa shape index (κ2) is 7.96. The number of esters is 1. The van der Waals surface area contributed by atoms with Gasteiger partial charge in [-0.25, -0.2) is 4.79 Å². The fourth-order valence-corrected chi connectivity index (χ4v) is 2.58. The van der Waals surface area contributed by atoms with Crippen LogP contribution in [-0.4, -0.2) is 25.0 Å². The second-order valence-corrected chi connectivity index (χ2v) is 5.87. The lowest BCUT2D eigenvalue weighted by Gasteiger charge is -2.09. The Morgan fingerprint density at radius 1 is 1.17 bits per heavy atom. The monoisotopic (exact) mass is 357 g/mol. The molecule has 0 fully saturated rings. The first-order valence-electron chi connectivity index (χ1n) is 7.00. The molecule has 2 aromatic rings. The zero-order chi connectivity index (χ0) is 17.6. The van der Waals surface area contributed by atoms with Crippen molar-refractivity contribution in [3.05, 3.63) is 57.8 Å². The highest BCUT2D eigenvalue weighted by Gasteiger charge is 2.31. The van der Waals surface area contributed by atoms with Gasteiger partial charge in [0.15, 0.2) is 6.61 Å². The van der Waals surface area contributed by atoms with Gasteiger partial charge >= 0.3 is 12.1 Å². The van der Waals surface area contributed by atoms with Crippen molar-refractivity contribution in [2.24, 2.45) is 0 Å². The Morgan fingerprint density at radius 3 is 2.62 bits per heavy atom. The Morgan fingerprint density at radius 2 is 1.96 bits per heavy atom. The van der Waals surface area contributed by atoms with E-state index in [0.717, 1.165) is 17.0 Å². The van der Waals surface area contributed by atoms with Gasteiger partial charge < -0.3 is 10.1 Å². The molecule has 1 heterocycles. The Bertz CT molecular complexity index is 699. The number of hydrogen-bond donors (Lipinski definition) is 1. The maximum absolute atomic E-state index is 12.6. The fourth-order valence-electron chi connectivity index (χ4n) is 1.87. The summed E-state index contributed by atoms with van der Waals surface area (Å²) in [4.78, 5) is 24.4. The summed E-state index contributed by atoms with van der Waals surface area (Å²) in [6.07, 6.45) is -3.89. The van der Waals surface area contributed by atoms with E-state index in [1.165, 1.54) is 6.07 Å². The standard InChI is InChI=1S/C16H14F3NO3S/c17-16(18,19)12-4-1-3-11(9-12)15(22)23-10-14(21)20-7-6-13-5-2-8-24-13/h1-5,8-9H,6-7,10H2,(H,20,21). The van der Waals surface area contributed by atoms with Gasteiger partial charge in [0.25, 0.3) is 5.91 Å². The number of rotatable bonds is 6. The number of alkyl halides is 3. The number of ether oxygens (including phenoxy) is 1. The van der Waals surface area contributed by atoms with Crippen molar-refractivity contribution in [1.29, 1.82) is 0 Å². The van der Waals surface area contributed by atoms with E-state index < -0.39 is 30.2 Å². The molecule has 0 aliphatic rings. The minimum absolute atomic E-state index is 0.254. The van der Waals surface area contributed by atoms with E-state index in [1.807, 2.05) is 17.5 Å². The summed E-state index contributed by atoms with van der Waals surface area (Å²) in [6.45, 7) is -0.153. The van der Waals surface area contributed by atoms with Gasteiger partial charge in [-0.3, -0.25) is 4.79 Å². The van der Waals surface area contributed by atoms with Gasteiger partial charge in [-0.15, -0.1) is 11.3 Å². The third kappa shape index (κ3) is 5.38. The van der Waals surface area contributed by atoms with E-state index in [0.29, 0.717) is 19.0 Å². The lowest BCUT2D eigenvalue weighted by atomic mass is 10.1. The topological polar surface area (TPSA) is 55.4 Å². The smallest absolute Gasteiger partial charge is 0.416 e. The number of nitrogens with one attached hydrogen (secondary N) is 1. The molecule has 0 spiro atoms. The number of thiophene rings is 1. The minimum atomic E-state index is -4.55. The van der Waals surface area contributed by atoms with Crippen LogP contribution in [0.15, 0.2) is 41.8 Å². The van der Waals surface area contributed by atoms with Gasteiger partial charge in [0.05, 0.1) is 11.1 Å². The van der Waals surface area contributed by atoms with E-state index in [1.54, 1.807) is 11.3 Å². The first kappa shape index (κ1) is 18.0. The molecule has 0 saturated carbocycles. The van der Waals surface area contributed by atoms with Crippen LogP contribution in [0.3, 0.4) is 0 Å². The molecule has 0 bridgehead atoms. The van der Waals surface area contributed by atoms with Crippen LogP contribution in [0.1, 0.15) is 20.8 Å². The van der Waals surface area contributed by atoms with Crippen molar-refractivity contribution < 1.29 is 27.5 Å². The summed E-state index contributed by atoms with van der Waals surface area (Å²) in [5.74, 6) is -1.48. The van der Waals surface area contributed by atoms with Crippen molar-refractivity contribution >= 4 is 23.2 Å². The summed E-state index contributed by atoms with van der Waals surface area (Å²) in [7, 11) is 0. The lowest BCUT2D eigenvalue weighted by molar-refractivity contribution is -0.137. The minimum Gasteiger partial charge on any atom is -0.452 e. The number of carbonyl (C=O) groups excluding carboxylic acids is 2. The SMILES string of the molecule is O=C(COC(=O)c1cccc(C(F)(F)F)c1)NCCc1cccs1. The number of carbonyl (C=O) groups is 2. The van der Waals surface area contributed by atoms with Crippen LogP contribution in [0, 0.1) is 0 Å². The molecule has 4 nitrogen and oxygen atoms in total. The van der Waals surface area contributed by atoms with Crippen LogP contribution in [-0.2, 0) is 22.1 Å². The normalized spacial score (nSPS) is 11.1. The van der Waals surface area contributed by atoms with Crippen molar-refractivity contribution in [1.82, 2.24) is 5.32 Å². The van der Waals surface area contributed by atoms with Crippen LogP contribution in [0.25, 0.3) is 0 Å². The molecule has 1 amide bonds. The summed E-state index contributed by atoms with van der Waals surface area (Å²) < 4.78 is 42.5. The third-order valence-corrected chi connectivity index (χ3v) is 3.97. The molecule has 0 aliphatic carbocycles. The number of benzene rings is 1. The van der Waals surface area contributed by atoms with Crippen LogP contribution in [0.5, 0.6) is 0 Å². The van der Waals surface area contributed by atoms with Gasteiger partial charge in [-0.1, -0.05) is 12.1 Å². The molecule has 1 aromatic heterocycles. The summed E-state index contributed by atoms with van der Waals surface area (Å²) >= 11 is 1.56. The summed E-state index contributed by atoms with van der Waals surface area (Å²) in [6, 6.07) is 7.70. The highest BCUT2D eigenvalue weighted by Crippen LogP contribution is 2.29. The number of halogens is 3. The lowest BCUT2D eigenvalue weighted by Crippen LogP contribution is -2.30. The van der Waals surface area contributed by atoms with E-state index in [2.05, 4.69) is 5.32 Å². The molecule has 0 saturated heterocycles. The average molecular weight is 357 g/mol. The molecule has 24 heavy (non-hydrogen) atoms. The first-order valence-corrected chi connectivity index (χ1v) is 7.87. The molecule has 2 rings (SSSR count). The predicted octanol–water partition coefficient (Wildman–Crippen LogP) is 3.28. The van der Waals surface area contributed by atoms with E-state index in [9.17, 15) is 22.8 Å². The highest BCUT2D eigenvalue weighted by atomic mass is 32.1. The van der Waals surface area contributed by atoms with Gasteiger partial charge in [0, 0.05) is 11.4 Å². The molecular weight excluding hydrogens is 343 g/mol. The zero-order valence-electron chi connectivity index (χ0n) is 12.4. The second-order valence-electron chi connectivity index (χ2n) is 4.83. The van der Waals surface area contributed by atoms with Gasteiger partial charge in [-0.2, -0.15) is 13.2 Å². The van der Waals surface area contributed by atoms with Crippen LogP contribution in [0.2, 0.25) is 0 Å². The Hall–Kier alpha value is -2.35.